The first kappa shape index (κ1) is 13.6. The molecule has 0 fully saturated rings. The summed E-state index contributed by atoms with van der Waals surface area (Å²) in [5.41, 5.74) is 2.79. The van der Waals surface area contributed by atoms with Crippen LogP contribution in [0.1, 0.15) is 5.56 Å². The van der Waals surface area contributed by atoms with Gasteiger partial charge in [-0.25, -0.2) is 4.98 Å². The van der Waals surface area contributed by atoms with Gasteiger partial charge in [0.25, 0.3) is 0 Å². The average molecular weight is 327 g/mol. The molecule has 102 valence electrons. The zero-order valence-corrected chi connectivity index (χ0v) is 12.5. The Morgan fingerprint density at radius 1 is 1.00 bits per heavy atom. The van der Waals surface area contributed by atoms with E-state index < -0.39 is 0 Å². The number of aromatic nitrogens is 2. The number of fused-ring (bicyclic) bond motifs is 1. The summed E-state index contributed by atoms with van der Waals surface area (Å²) in [7, 11) is 0. The lowest BCUT2D eigenvalue weighted by Crippen LogP contribution is -2.00. The Labute approximate surface area is 130 Å². The molecule has 3 nitrogen and oxygen atoms in total. The average Bonchev–Trinajstić information content (AvgIpc) is 2.82. The van der Waals surface area contributed by atoms with Crippen LogP contribution in [0.15, 0.2) is 36.4 Å². The fourth-order valence-corrected chi connectivity index (χ4v) is 2.39. The molecule has 0 aliphatic rings. The molecule has 0 saturated heterocycles. The number of imidazole rings is 1. The molecular formula is C14H10Cl3N3. The summed E-state index contributed by atoms with van der Waals surface area (Å²) in [4.78, 5) is 7.59. The standard InChI is InChI=1S/C14H10Cl3N3/c15-9-2-4-12-13(6-9)20-14(19-12)18-7-8-1-3-10(16)11(17)5-8/h1-6H,7H2,(H2,18,19,20). The molecule has 0 spiro atoms. The molecule has 0 atom stereocenters. The Morgan fingerprint density at radius 3 is 2.65 bits per heavy atom. The zero-order chi connectivity index (χ0) is 14.1. The van der Waals surface area contributed by atoms with Gasteiger partial charge in [0.15, 0.2) is 0 Å². The highest BCUT2D eigenvalue weighted by molar-refractivity contribution is 6.42. The van der Waals surface area contributed by atoms with Crippen LogP contribution in [-0.2, 0) is 6.54 Å². The highest BCUT2D eigenvalue weighted by atomic mass is 35.5. The van der Waals surface area contributed by atoms with Crippen molar-refractivity contribution in [3.8, 4) is 0 Å². The number of hydrogen-bond acceptors (Lipinski definition) is 2. The van der Waals surface area contributed by atoms with E-state index in [1.807, 2.05) is 30.3 Å². The normalized spacial score (nSPS) is 10.9. The Kier molecular flexibility index (Phi) is 3.74. The first-order valence-corrected chi connectivity index (χ1v) is 7.08. The molecule has 0 amide bonds. The molecule has 2 N–H and O–H groups in total. The second kappa shape index (κ2) is 5.52. The molecule has 0 aliphatic carbocycles. The third kappa shape index (κ3) is 2.85. The number of rotatable bonds is 3. The van der Waals surface area contributed by atoms with Crippen molar-refractivity contribution < 1.29 is 0 Å². The molecule has 0 bridgehead atoms. The monoisotopic (exact) mass is 325 g/mol. The van der Waals surface area contributed by atoms with Crippen LogP contribution in [0.3, 0.4) is 0 Å². The van der Waals surface area contributed by atoms with Crippen molar-refractivity contribution in [3.63, 3.8) is 0 Å². The Hall–Kier alpha value is -1.42. The number of hydrogen-bond donors (Lipinski definition) is 2. The molecule has 0 radical (unpaired) electrons. The molecule has 3 rings (SSSR count). The lowest BCUT2D eigenvalue weighted by molar-refractivity contribution is 1.10. The van der Waals surface area contributed by atoms with E-state index in [2.05, 4.69) is 15.3 Å². The minimum Gasteiger partial charge on any atom is -0.352 e. The summed E-state index contributed by atoms with van der Waals surface area (Å²) in [5.74, 6) is 0.688. The van der Waals surface area contributed by atoms with Crippen LogP contribution in [0.4, 0.5) is 5.95 Å². The molecule has 0 unspecified atom stereocenters. The van der Waals surface area contributed by atoms with E-state index in [1.165, 1.54) is 0 Å². The van der Waals surface area contributed by atoms with Crippen molar-refractivity contribution in [2.24, 2.45) is 0 Å². The Morgan fingerprint density at radius 2 is 1.85 bits per heavy atom. The van der Waals surface area contributed by atoms with E-state index in [0.717, 1.165) is 16.6 Å². The van der Waals surface area contributed by atoms with Crippen molar-refractivity contribution in [1.29, 1.82) is 0 Å². The maximum Gasteiger partial charge on any atom is 0.201 e. The topological polar surface area (TPSA) is 40.7 Å². The number of H-pyrrole nitrogens is 1. The summed E-state index contributed by atoms with van der Waals surface area (Å²) in [6.07, 6.45) is 0. The smallest absolute Gasteiger partial charge is 0.201 e. The lowest BCUT2D eigenvalue weighted by Gasteiger charge is -2.04. The first-order chi connectivity index (χ1) is 9.61. The molecule has 0 saturated carbocycles. The van der Waals surface area contributed by atoms with Crippen molar-refractivity contribution >= 4 is 51.8 Å². The summed E-state index contributed by atoms with van der Waals surface area (Å²) in [5, 5.41) is 4.98. The summed E-state index contributed by atoms with van der Waals surface area (Å²) in [6.45, 7) is 0.602. The van der Waals surface area contributed by atoms with E-state index in [0.29, 0.717) is 27.6 Å². The molecule has 6 heteroatoms. The Balaban J connectivity index is 1.77. The molecule has 3 aromatic rings. The van der Waals surface area contributed by atoms with E-state index in [9.17, 15) is 0 Å². The number of benzene rings is 2. The summed E-state index contributed by atoms with van der Waals surface area (Å²) >= 11 is 17.8. The van der Waals surface area contributed by atoms with E-state index in [4.69, 9.17) is 34.8 Å². The van der Waals surface area contributed by atoms with Crippen molar-refractivity contribution in [3.05, 3.63) is 57.0 Å². The second-order valence-electron chi connectivity index (χ2n) is 4.35. The molecule has 20 heavy (non-hydrogen) atoms. The largest absolute Gasteiger partial charge is 0.352 e. The number of anilines is 1. The molecule has 0 aliphatic heterocycles. The highest BCUT2D eigenvalue weighted by Crippen LogP contribution is 2.23. The molecular weight excluding hydrogens is 317 g/mol. The van der Waals surface area contributed by atoms with E-state index in [-0.39, 0.29) is 0 Å². The lowest BCUT2D eigenvalue weighted by atomic mass is 10.2. The number of nitrogens with zero attached hydrogens (tertiary/aromatic N) is 1. The van der Waals surface area contributed by atoms with Gasteiger partial charge in [0.2, 0.25) is 5.95 Å². The summed E-state index contributed by atoms with van der Waals surface area (Å²) in [6, 6.07) is 11.1. The van der Waals surface area contributed by atoms with Crippen LogP contribution in [0.2, 0.25) is 15.1 Å². The first-order valence-electron chi connectivity index (χ1n) is 5.95. The Bertz CT molecular complexity index is 767. The van der Waals surface area contributed by atoms with Gasteiger partial charge in [0, 0.05) is 11.6 Å². The minimum atomic E-state index is 0.544. The number of aromatic amines is 1. The molecule has 2 aromatic carbocycles. The number of halogens is 3. The van der Waals surface area contributed by atoms with E-state index >= 15 is 0 Å². The third-order valence-corrected chi connectivity index (χ3v) is 3.86. The van der Waals surface area contributed by atoms with Crippen molar-refractivity contribution in [2.45, 2.75) is 6.54 Å². The fourth-order valence-electron chi connectivity index (χ4n) is 1.90. The third-order valence-electron chi connectivity index (χ3n) is 2.89. The maximum atomic E-state index is 5.98. The van der Waals surface area contributed by atoms with Gasteiger partial charge in [-0.1, -0.05) is 40.9 Å². The fraction of sp³-hybridized carbons (Fsp3) is 0.0714. The van der Waals surface area contributed by atoms with Gasteiger partial charge in [-0.15, -0.1) is 0 Å². The van der Waals surface area contributed by atoms with Gasteiger partial charge in [0.1, 0.15) is 0 Å². The van der Waals surface area contributed by atoms with Crippen LogP contribution in [0, 0.1) is 0 Å². The predicted molar refractivity (Wildman–Crippen MR) is 84.9 cm³/mol. The van der Waals surface area contributed by atoms with Crippen LogP contribution >= 0.6 is 34.8 Å². The highest BCUT2D eigenvalue weighted by Gasteiger charge is 2.04. The van der Waals surface area contributed by atoms with Gasteiger partial charge >= 0.3 is 0 Å². The number of nitrogens with one attached hydrogen (secondary N) is 2. The van der Waals surface area contributed by atoms with Crippen LogP contribution < -0.4 is 5.32 Å². The van der Waals surface area contributed by atoms with Crippen LogP contribution in [0.25, 0.3) is 11.0 Å². The van der Waals surface area contributed by atoms with Crippen molar-refractivity contribution in [1.82, 2.24) is 9.97 Å². The summed E-state index contributed by atoms with van der Waals surface area (Å²) < 4.78 is 0. The van der Waals surface area contributed by atoms with Gasteiger partial charge in [-0.2, -0.15) is 0 Å². The quantitative estimate of drug-likeness (QED) is 0.700. The van der Waals surface area contributed by atoms with Crippen LogP contribution in [0.5, 0.6) is 0 Å². The van der Waals surface area contributed by atoms with Gasteiger partial charge < -0.3 is 10.3 Å². The van der Waals surface area contributed by atoms with Gasteiger partial charge in [-0.3, -0.25) is 0 Å². The zero-order valence-electron chi connectivity index (χ0n) is 10.3. The van der Waals surface area contributed by atoms with Crippen molar-refractivity contribution in [2.75, 3.05) is 5.32 Å². The van der Waals surface area contributed by atoms with Crippen LogP contribution in [-0.4, -0.2) is 9.97 Å². The van der Waals surface area contributed by atoms with Gasteiger partial charge in [-0.05, 0) is 35.9 Å². The van der Waals surface area contributed by atoms with Gasteiger partial charge in [0.05, 0.1) is 21.1 Å². The van der Waals surface area contributed by atoms with E-state index in [1.54, 1.807) is 6.07 Å². The minimum absolute atomic E-state index is 0.544. The molecule has 1 aromatic heterocycles. The maximum absolute atomic E-state index is 5.98. The SMILES string of the molecule is Clc1ccc2nc(NCc3ccc(Cl)c(Cl)c3)[nH]c2c1. The molecule has 1 heterocycles. The second-order valence-corrected chi connectivity index (χ2v) is 5.60. The predicted octanol–water partition coefficient (Wildman–Crippen LogP) is 5.14.